The number of anilines is 1. The number of pyridine rings is 1. The van der Waals surface area contributed by atoms with Crippen LogP contribution in [0.3, 0.4) is 0 Å². The second-order valence-electron chi connectivity index (χ2n) is 4.38. The lowest BCUT2D eigenvalue weighted by Crippen LogP contribution is -1.97. The highest BCUT2D eigenvalue weighted by molar-refractivity contribution is 7.14. The maximum absolute atomic E-state index is 4.18. The smallest absolute Gasteiger partial charge is 0.0532 e. The third kappa shape index (κ3) is 3.03. The predicted molar refractivity (Wildman–Crippen MR) is 83.9 cm³/mol. The quantitative estimate of drug-likeness (QED) is 0.745. The minimum Gasteiger partial charge on any atom is -0.379 e. The van der Waals surface area contributed by atoms with Crippen LogP contribution >= 0.6 is 22.7 Å². The molecule has 0 bridgehead atoms. The fourth-order valence-corrected chi connectivity index (χ4v) is 3.50. The number of rotatable bonds is 4. The maximum Gasteiger partial charge on any atom is 0.0532 e. The van der Waals surface area contributed by atoms with E-state index < -0.39 is 0 Å². The first-order valence-electron chi connectivity index (χ1n) is 6.08. The summed E-state index contributed by atoms with van der Waals surface area (Å²) < 4.78 is 0. The molecule has 3 aromatic rings. The van der Waals surface area contributed by atoms with Crippen LogP contribution in [0.4, 0.5) is 5.69 Å². The van der Waals surface area contributed by atoms with Crippen molar-refractivity contribution in [3.63, 3.8) is 0 Å². The Kier molecular flexibility index (Phi) is 3.62. The van der Waals surface area contributed by atoms with E-state index in [1.807, 2.05) is 12.4 Å². The van der Waals surface area contributed by atoms with E-state index in [1.54, 1.807) is 22.7 Å². The zero-order valence-electron chi connectivity index (χ0n) is 10.6. The van der Waals surface area contributed by atoms with Gasteiger partial charge in [0.2, 0.25) is 0 Å². The van der Waals surface area contributed by atoms with E-state index in [-0.39, 0.29) is 0 Å². The van der Waals surface area contributed by atoms with E-state index in [2.05, 4.69) is 52.3 Å². The van der Waals surface area contributed by atoms with Gasteiger partial charge in [-0.25, -0.2) is 0 Å². The van der Waals surface area contributed by atoms with Crippen molar-refractivity contribution in [2.24, 2.45) is 0 Å². The summed E-state index contributed by atoms with van der Waals surface area (Å²) >= 11 is 3.58. The van der Waals surface area contributed by atoms with Crippen LogP contribution in [0.1, 0.15) is 10.4 Å². The molecule has 0 spiro atoms. The Balaban J connectivity index is 1.68. The van der Waals surface area contributed by atoms with Crippen LogP contribution in [-0.4, -0.2) is 4.98 Å². The summed E-state index contributed by atoms with van der Waals surface area (Å²) in [7, 11) is 0. The van der Waals surface area contributed by atoms with Gasteiger partial charge in [0.1, 0.15) is 0 Å². The molecule has 96 valence electrons. The molecule has 0 unspecified atom stereocenters. The van der Waals surface area contributed by atoms with Crippen molar-refractivity contribution in [3.8, 4) is 10.4 Å². The molecule has 0 saturated carbocycles. The van der Waals surface area contributed by atoms with Crippen molar-refractivity contribution in [2.45, 2.75) is 13.5 Å². The van der Waals surface area contributed by atoms with Gasteiger partial charge in [0.05, 0.1) is 5.69 Å². The standard InChI is InChI=1S/C15H14N2S2/c1-11-5-13(8-16-7-11)17-9-14-6-12(10-19-14)15-3-2-4-18-15/h2-8,10,17H,9H2,1H3. The lowest BCUT2D eigenvalue weighted by Gasteiger charge is -2.04. The highest BCUT2D eigenvalue weighted by Crippen LogP contribution is 2.29. The number of aryl methyl sites for hydroxylation is 1. The predicted octanol–water partition coefficient (Wildman–Crippen LogP) is 4.79. The van der Waals surface area contributed by atoms with Gasteiger partial charge in [-0.1, -0.05) is 6.07 Å². The highest BCUT2D eigenvalue weighted by Gasteiger charge is 2.03. The van der Waals surface area contributed by atoms with Crippen LogP contribution in [-0.2, 0) is 6.54 Å². The Labute approximate surface area is 120 Å². The van der Waals surface area contributed by atoms with Crippen LogP contribution in [0.25, 0.3) is 10.4 Å². The normalized spacial score (nSPS) is 10.6. The highest BCUT2D eigenvalue weighted by atomic mass is 32.1. The lowest BCUT2D eigenvalue weighted by atomic mass is 10.2. The van der Waals surface area contributed by atoms with Crippen molar-refractivity contribution < 1.29 is 0 Å². The molecule has 4 heteroatoms. The van der Waals surface area contributed by atoms with Gasteiger partial charge in [-0.05, 0) is 41.4 Å². The summed E-state index contributed by atoms with van der Waals surface area (Å²) in [5.74, 6) is 0. The third-order valence-electron chi connectivity index (χ3n) is 2.80. The molecule has 0 aliphatic carbocycles. The van der Waals surface area contributed by atoms with Crippen LogP contribution in [0.2, 0.25) is 0 Å². The van der Waals surface area contributed by atoms with Crippen molar-refractivity contribution in [1.82, 2.24) is 4.98 Å². The monoisotopic (exact) mass is 286 g/mol. The van der Waals surface area contributed by atoms with Crippen molar-refractivity contribution in [2.75, 3.05) is 5.32 Å². The molecule has 0 aliphatic heterocycles. The van der Waals surface area contributed by atoms with E-state index in [9.17, 15) is 0 Å². The minimum atomic E-state index is 0.848. The first kappa shape index (κ1) is 12.4. The number of hydrogen-bond acceptors (Lipinski definition) is 4. The number of aromatic nitrogens is 1. The molecule has 0 radical (unpaired) electrons. The maximum atomic E-state index is 4.18. The first-order chi connectivity index (χ1) is 9.31. The Morgan fingerprint density at radius 3 is 2.95 bits per heavy atom. The fraction of sp³-hybridized carbons (Fsp3) is 0.133. The molecular formula is C15H14N2S2. The molecule has 3 aromatic heterocycles. The van der Waals surface area contributed by atoms with Gasteiger partial charge in [-0.3, -0.25) is 4.98 Å². The summed E-state index contributed by atoms with van der Waals surface area (Å²) in [5, 5.41) is 7.75. The van der Waals surface area contributed by atoms with E-state index in [0.717, 1.165) is 12.2 Å². The molecule has 19 heavy (non-hydrogen) atoms. The van der Waals surface area contributed by atoms with Crippen molar-refractivity contribution >= 4 is 28.4 Å². The van der Waals surface area contributed by atoms with Crippen molar-refractivity contribution in [1.29, 1.82) is 0 Å². The van der Waals surface area contributed by atoms with Gasteiger partial charge in [0, 0.05) is 34.3 Å². The Hall–Kier alpha value is -1.65. The molecule has 2 nitrogen and oxygen atoms in total. The average molecular weight is 286 g/mol. The van der Waals surface area contributed by atoms with E-state index in [4.69, 9.17) is 0 Å². The van der Waals surface area contributed by atoms with Gasteiger partial charge < -0.3 is 5.32 Å². The third-order valence-corrected chi connectivity index (χ3v) is 4.66. The van der Waals surface area contributed by atoms with Gasteiger partial charge in [-0.2, -0.15) is 0 Å². The van der Waals surface area contributed by atoms with Crippen LogP contribution in [0.5, 0.6) is 0 Å². The second-order valence-corrected chi connectivity index (χ2v) is 6.33. The van der Waals surface area contributed by atoms with E-state index >= 15 is 0 Å². The van der Waals surface area contributed by atoms with Crippen LogP contribution < -0.4 is 5.32 Å². The van der Waals surface area contributed by atoms with E-state index in [0.29, 0.717) is 0 Å². The summed E-state index contributed by atoms with van der Waals surface area (Å²) in [4.78, 5) is 6.86. The summed E-state index contributed by atoms with van der Waals surface area (Å²) in [6, 6.07) is 8.62. The molecule has 0 amide bonds. The van der Waals surface area contributed by atoms with Gasteiger partial charge in [0.25, 0.3) is 0 Å². The zero-order chi connectivity index (χ0) is 13.1. The lowest BCUT2D eigenvalue weighted by molar-refractivity contribution is 1.16. The fourth-order valence-electron chi connectivity index (χ4n) is 1.89. The number of nitrogens with zero attached hydrogens (tertiary/aromatic N) is 1. The molecule has 3 heterocycles. The zero-order valence-corrected chi connectivity index (χ0v) is 12.2. The molecule has 0 saturated heterocycles. The molecule has 0 aliphatic rings. The SMILES string of the molecule is Cc1cncc(NCc2cc(-c3cccs3)cs2)c1. The van der Waals surface area contributed by atoms with Gasteiger partial charge >= 0.3 is 0 Å². The topological polar surface area (TPSA) is 24.9 Å². The summed E-state index contributed by atoms with van der Waals surface area (Å²) in [6.45, 7) is 2.90. The number of nitrogens with one attached hydrogen (secondary N) is 1. The summed E-state index contributed by atoms with van der Waals surface area (Å²) in [5.41, 5.74) is 3.57. The molecule has 1 N–H and O–H groups in total. The molecule has 3 rings (SSSR count). The van der Waals surface area contributed by atoms with Crippen LogP contribution in [0, 0.1) is 6.92 Å². The Morgan fingerprint density at radius 1 is 1.21 bits per heavy atom. The van der Waals surface area contributed by atoms with Crippen LogP contribution in [0.15, 0.2) is 47.4 Å². The number of hydrogen-bond donors (Lipinski definition) is 1. The van der Waals surface area contributed by atoms with Gasteiger partial charge in [-0.15, -0.1) is 22.7 Å². The molecule has 0 aromatic carbocycles. The molecule has 0 fully saturated rings. The number of thiophene rings is 2. The second kappa shape index (κ2) is 5.55. The molecular weight excluding hydrogens is 272 g/mol. The Bertz CT molecular complexity index is 656. The van der Waals surface area contributed by atoms with E-state index in [1.165, 1.54) is 20.9 Å². The Morgan fingerprint density at radius 2 is 2.16 bits per heavy atom. The largest absolute Gasteiger partial charge is 0.379 e. The van der Waals surface area contributed by atoms with Crippen molar-refractivity contribution in [3.05, 3.63) is 57.9 Å². The average Bonchev–Trinajstić information content (AvgIpc) is 3.07. The summed E-state index contributed by atoms with van der Waals surface area (Å²) in [6.07, 6.45) is 3.73. The molecule has 0 atom stereocenters. The van der Waals surface area contributed by atoms with Gasteiger partial charge in [0.15, 0.2) is 0 Å². The first-order valence-corrected chi connectivity index (χ1v) is 7.84. The minimum absolute atomic E-state index is 0.848.